The molecule has 0 aromatic carbocycles. The molecule has 0 saturated heterocycles. The first-order valence-electron chi connectivity index (χ1n) is 6.10. The van der Waals surface area contributed by atoms with E-state index in [0.29, 0.717) is 23.7 Å². The van der Waals surface area contributed by atoms with Crippen LogP contribution in [0, 0.1) is 16.7 Å². The summed E-state index contributed by atoms with van der Waals surface area (Å²) in [6.07, 6.45) is 4.41. The van der Waals surface area contributed by atoms with Crippen LogP contribution >= 0.6 is 22.9 Å². The van der Waals surface area contributed by atoms with Crippen molar-refractivity contribution in [2.45, 2.75) is 38.6 Å². The summed E-state index contributed by atoms with van der Waals surface area (Å²) in [6, 6.07) is 5.93. The SMILES string of the molecule is N#CC1(C(=O)NCc2ccc(Cl)s2)CCCCC1. The molecule has 0 aliphatic heterocycles. The molecule has 1 saturated carbocycles. The van der Waals surface area contributed by atoms with Gasteiger partial charge >= 0.3 is 0 Å². The lowest BCUT2D eigenvalue weighted by Crippen LogP contribution is -2.41. The fraction of sp³-hybridized carbons (Fsp3) is 0.538. The molecule has 0 atom stereocenters. The number of rotatable bonds is 3. The number of hydrogen-bond donors (Lipinski definition) is 1. The maximum atomic E-state index is 12.2. The smallest absolute Gasteiger partial charge is 0.240 e. The average Bonchev–Trinajstić information content (AvgIpc) is 2.82. The standard InChI is InChI=1S/C13H15ClN2OS/c14-11-5-4-10(18-11)8-16-12(17)13(9-15)6-2-1-3-7-13/h4-5H,1-3,6-8H2,(H,16,17). The van der Waals surface area contributed by atoms with Crippen molar-refractivity contribution in [2.24, 2.45) is 5.41 Å². The van der Waals surface area contributed by atoms with E-state index in [1.54, 1.807) is 0 Å². The summed E-state index contributed by atoms with van der Waals surface area (Å²) in [5.41, 5.74) is -0.806. The van der Waals surface area contributed by atoms with Crippen LogP contribution in [0.25, 0.3) is 0 Å². The molecule has 3 nitrogen and oxygen atoms in total. The molecule has 0 unspecified atom stereocenters. The molecule has 5 heteroatoms. The van der Waals surface area contributed by atoms with Crippen molar-refractivity contribution in [2.75, 3.05) is 0 Å². The molecule has 0 bridgehead atoms. The van der Waals surface area contributed by atoms with Crippen LogP contribution in [0.5, 0.6) is 0 Å². The van der Waals surface area contributed by atoms with Crippen LogP contribution in [-0.4, -0.2) is 5.91 Å². The second-order valence-corrected chi connectivity index (χ2v) is 6.44. The molecule has 96 valence electrons. The van der Waals surface area contributed by atoms with Gasteiger partial charge in [-0.05, 0) is 25.0 Å². The van der Waals surface area contributed by atoms with Crippen LogP contribution < -0.4 is 5.32 Å². The molecule has 1 heterocycles. The highest BCUT2D eigenvalue weighted by molar-refractivity contribution is 7.16. The Morgan fingerprint density at radius 3 is 2.72 bits per heavy atom. The number of carbonyl (C=O) groups is 1. The van der Waals surface area contributed by atoms with Crippen molar-refractivity contribution in [3.8, 4) is 6.07 Å². The van der Waals surface area contributed by atoms with Crippen LogP contribution in [0.2, 0.25) is 4.34 Å². The molecule has 1 aliphatic rings. The Morgan fingerprint density at radius 1 is 1.44 bits per heavy atom. The zero-order valence-electron chi connectivity index (χ0n) is 10.0. The maximum absolute atomic E-state index is 12.2. The first kappa shape index (κ1) is 13.4. The summed E-state index contributed by atoms with van der Waals surface area (Å²) in [7, 11) is 0. The topological polar surface area (TPSA) is 52.9 Å². The third kappa shape index (κ3) is 2.85. The Kier molecular flexibility index (Phi) is 4.26. The van der Waals surface area contributed by atoms with E-state index in [0.717, 1.165) is 24.1 Å². The lowest BCUT2D eigenvalue weighted by Gasteiger charge is -2.29. The predicted octanol–water partition coefficient (Wildman–Crippen LogP) is 3.49. The van der Waals surface area contributed by atoms with Gasteiger partial charge in [0.05, 0.1) is 17.0 Å². The largest absolute Gasteiger partial charge is 0.350 e. The normalized spacial score (nSPS) is 18.0. The van der Waals surface area contributed by atoms with Gasteiger partial charge in [-0.3, -0.25) is 4.79 Å². The highest BCUT2D eigenvalue weighted by Gasteiger charge is 2.39. The Balaban J connectivity index is 1.96. The molecule has 1 fully saturated rings. The molecule has 2 rings (SSSR count). The second-order valence-electron chi connectivity index (χ2n) is 4.64. The van der Waals surface area contributed by atoms with Gasteiger partial charge in [-0.2, -0.15) is 5.26 Å². The number of nitrogens with zero attached hydrogens (tertiary/aromatic N) is 1. The van der Waals surface area contributed by atoms with E-state index in [4.69, 9.17) is 11.6 Å². The number of hydrogen-bond acceptors (Lipinski definition) is 3. The molecule has 0 radical (unpaired) electrons. The second kappa shape index (κ2) is 5.73. The summed E-state index contributed by atoms with van der Waals surface area (Å²) in [5.74, 6) is -0.130. The van der Waals surface area contributed by atoms with Gasteiger partial charge in [0.2, 0.25) is 5.91 Å². The molecule has 1 aliphatic carbocycles. The van der Waals surface area contributed by atoms with Crippen molar-refractivity contribution >= 4 is 28.8 Å². The van der Waals surface area contributed by atoms with Crippen LogP contribution in [0.1, 0.15) is 37.0 Å². The third-order valence-corrected chi connectivity index (χ3v) is 4.64. The first-order chi connectivity index (χ1) is 8.66. The fourth-order valence-corrected chi connectivity index (χ4v) is 3.36. The van der Waals surface area contributed by atoms with Gasteiger partial charge in [-0.25, -0.2) is 0 Å². The Labute approximate surface area is 116 Å². The van der Waals surface area contributed by atoms with E-state index in [2.05, 4.69) is 11.4 Å². The quantitative estimate of drug-likeness (QED) is 0.922. The zero-order valence-corrected chi connectivity index (χ0v) is 11.6. The maximum Gasteiger partial charge on any atom is 0.240 e. The molecule has 1 aromatic rings. The molecule has 1 aromatic heterocycles. The van der Waals surface area contributed by atoms with Crippen molar-refractivity contribution in [3.63, 3.8) is 0 Å². The van der Waals surface area contributed by atoms with E-state index >= 15 is 0 Å². The van der Waals surface area contributed by atoms with E-state index in [1.807, 2.05) is 12.1 Å². The van der Waals surface area contributed by atoms with Crippen molar-refractivity contribution in [3.05, 3.63) is 21.3 Å². The van der Waals surface area contributed by atoms with Crippen LogP contribution in [-0.2, 0) is 11.3 Å². The summed E-state index contributed by atoms with van der Waals surface area (Å²) in [4.78, 5) is 13.2. The van der Waals surface area contributed by atoms with Crippen molar-refractivity contribution in [1.29, 1.82) is 5.26 Å². The average molecular weight is 283 g/mol. The first-order valence-corrected chi connectivity index (χ1v) is 7.29. The van der Waals surface area contributed by atoms with Crippen LogP contribution in [0.4, 0.5) is 0 Å². The number of carbonyl (C=O) groups excluding carboxylic acids is 1. The number of amides is 1. The van der Waals surface area contributed by atoms with Gasteiger partial charge in [0.1, 0.15) is 5.41 Å². The van der Waals surface area contributed by atoms with E-state index in [9.17, 15) is 10.1 Å². The highest BCUT2D eigenvalue weighted by atomic mass is 35.5. The molecule has 1 amide bonds. The zero-order chi connectivity index (χ0) is 13.0. The van der Waals surface area contributed by atoms with E-state index < -0.39 is 5.41 Å². The van der Waals surface area contributed by atoms with Gasteiger partial charge < -0.3 is 5.32 Å². The lowest BCUT2D eigenvalue weighted by atomic mass is 9.74. The van der Waals surface area contributed by atoms with Crippen LogP contribution in [0.3, 0.4) is 0 Å². The molecule has 18 heavy (non-hydrogen) atoms. The minimum absolute atomic E-state index is 0.130. The van der Waals surface area contributed by atoms with Gasteiger partial charge in [0.15, 0.2) is 0 Å². The monoisotopic (exact) mass is 282 g/mol. The van der Waals surface area contributed by atoms with Gasteiger partial charge in [0, 0.05) is 4.88 Å². The van der Waals surface area contributed by atoms with Crippen molar-refractivity contribution in [1.82, 2.24) is 5.32 Å². The Bertz CT molecular complexity index is 472. The van der Waals surface area contributed by atoms with Crippen molar-refractivity contribution < 1.29 is 4.79 Å². The summed E-state index contributed by atoms with van der Waals surface area (Å²) in [6.45, 7) is 0.458. The summed E-state index contributed by atoms with van der Waals surface area (Å²) < 4.78 is 0.715. The lowest BCUT2D eigenvalue weighted by molar-refractivity contribution is -0.129. The minimum atomic E-state index is -0.806. The molecule has 0 spiro atoms. The Morgan fingerprint density at radius 2 is 2.17 bits per heavy atom. The third-order valence-electron chi connectivity index (χ3n) is 3.41. The van der Waals surface area contributed by atoms with Crippen LogP contribution in [0.15, 0.2) is 12.1 Å². The number of nitrogens with one attached hydrogen (secondary N) is 1. The molecular formula is C13H15ClN2OS. The van der Waals surface area contributed by atoms with E-state index in [1.165, 1.54) is 11.3 Å². The van der Waals surface area contributed by atoms with Gasteiger partial charge in [-0.1, -0.05) is 30.9 Å². The molecule has 1 N–H and O–H groups in total. The predicted molar refractivity (Wildman–Crippen MR) is 72.3 cm³/mol. The molecular weight excluding hydrogens is 268 g/mol. The highest BCUT2D eigenvalue weighted by Crippen LogP contribution is 2.36. The fourth-order valence-electron chi connectivity index (χ4n) is 2.33. The van der Waals surface area contributed by atoms with Gasteiger partial charge in [-0.15, -0.1) is 11.3 Å². The summed E-state index contributed by atoms with van der Waals surface area (Å²) in [5, 5.41) is 12.1. The number of halogens is 1. The number of thiophene rings is 1. The van der Waals surface area contributed by atoms with Gasteiger partial charge in [0.25, 0.3) is 0 Å². The summed E-state index contributed by atoms with van der Waals surface area (Å²) >= 11 is 7.28. The minimum Gasteiger partial charge on any atom is -0.350 e. The van der Waals surface area contributed by atoms with E-state index in [-0.39, 0.29) is 5.91 Å². The Hall–Kier alpha value is -1.05. The number of nitriles is 1.